The number of carbonyl (C=O) groups is 1. The quantitative estimate of drug-likeness (QED) is 0.706. The Kier molecular flexibility index (Phi) is 7.32. The van der Waals surface area contributed by atoms with Crippen LogP contribution in [0.15, 0.2) is 36.4 Å². The molecular weight excluding hydrogens is 400 g/mol. The molecule has 0 saturated heterocycles. The highest BCUT2D eigenvalue weighted by Crippen LogP contribution is 2.21. The van der Waals surface area contributed by atoms with Gasteiger partial charge in [0.15, 0.2) is 0 Å². The van der Waals surface area contributed by atoms with Gasteiger partial charge in [-0.3, -0.25) is 9.52 Å². The number of nitrogens with one attached hydrogen (secondary N) is 1. The summed E-state index contributed by atoms with van der Waals surface area (Å²) < 4.78 is 52.8. The molecule has 0 heterocycles. The Labute approximate surface area is 170 Å². The second-order valence-corrected chi connectivity index (χ2v) is 8.92. The number of nitrogens with zero attached hydrogens (tertiary/aromatic N) is 2. The summed E-state index contributed by atoms with van der Waals surface area (Å²) in [5, 5.41) is 0. The zero-order chi connectivity index (χ0) is 21.8. The molecule has 158 valence electrons. The first-order valence-corrected chi connectivity index (χ1v) is 10.8. The minimum absolute atomic E-state index is 0.0402. The number of hydrogen-bond acceptors (Lipinski definition) is 4. The van der Waals surface area contributed by atoms with Crippen LogP contribution < -0.4 is 4.72 Å². The smallest absolute Gasteiger partial charge is 0.254 e. The number of anilines is 1. The first-order chi connectivity index (χ1) is 13.5. The van der Waals surface area contributed by atoms with Gasteiger partial charge in [0.25, 0.3) is 5.91 Å². The van der Waals surface area contributed by atoms with E-state index in [1.165, 1.54) is 17.0 Å². The van der Waals surface area contributed by atoms with Gasteiger partial charge in [-0.2, -0.15) is 0 Å². The standard InChI is InChI=1S/C20H25F2N3O3S/c1-14-5-6-15(11-19(14)23-29(4,27)28)20(26)25(10-9-24(2)3)13-16-7-8-17(21)12-18(16)22/h5-8,11-12,23H,9-10,13H2,1-4H3. The summed E-state index contributed by atoms with van der Waals surface area (Å²) in [7, 11) is 0.188. The maximum atomic E-state index is 14.1. The lowest BCUT2D eigenvalue weighted by Gasteiger charge is -2.25. The number of amides is 1. The summed E-state index contributed by atoms with van der Waals surface area (Å²) in [6.45, 7) is 2.53. The Morgan fingerprint density at radius 3 is 2.34 bits per heavy atom. The highest BCUT2D eigenvalue weighted by Gasteiger charge is 2.19. The molecule has 2 aromatic rings. The monoisotopic (exact) mass is 425 g/mol. The summed E-state index contributed by atoms with van der Waals surface area (Å²) in [6.07, 6.45) is 1.03. The van der Waals surface area contributed by atoms with E-state index in [9.17, 15) is 22.0 Å². The number of benzene rings is 2. The van der Waals surface area contributed by atoms with Gasteiger partial charge in [-0.1, -0.05) is 12.1 Å². The average molecular weight is 426 g/mol. The number of halogens is 2. The van der Waals surface area contributed by atoms with E-state index in [-0.39, 0.29) is 23.6 Å². The fourth-order valence-electron chi connectivity index (χ4n) is 2.68. The molecule has 0 aliphatic carbocycles. The van der Waals surface area contributed by atoms with Crippen LogP contribution in [0, 0.1) is 18.6 Å². The summed E-state index contributed by atoms with van der Waals surface area (Å²) in [5.41, 5.74) is 1.43. The Hall–Kier alpha value is -2.52. The predicted octanol–water partition coefficient (Wildman–Crippen LogP) is 2.85. The van der Waals surface area contributed by atoms with Crippen LogP contribution in [0.1, 0.15) is 21.5 Å². The van der Waals surface area contributed by atoms with Gasteiger partial charge in [0, 0.05) is 36.8 Å². The van der Waals surface area contributed by atoms with Crippen molar-refractivity contribution < 1.29 is 22.0 Å². The number of carbonyl (C=O) groups excluding carboxylic acids is 1. The normalized spacial score (nSPS) is 11.6. The lowest BCUT2D eigenvalue weighted by molar-refractivity contribution is 0.0730. The molecule has 0 atom stereocenters. The van der Waals surface area contributed by atoms with Crippen molar-refractivity contribution in [3.05, 3.63) is 64.7 Å². The molecule has 29 heavy (non-hydrogen) atoms. The van der Waals surface area contributed by atoms with E-state index < -0.39 is 21.7 Å². The van der Waals surface area contributed by atoms with E-state index in [4.69, 9.17) is 0 Å². The van der Waals surface area contributed by atoms with Crippen LogP contribution in [-0.2, 0) is 16.6 Å². The molecule has 0 spiro atoms. The van der Waals surface area contributed by atoms with Crippen LogP contribution in [-0.4, -0.2) is 57.6 Å². The molecule has 1 amide bonds. The average Bonchev–Trinajstić information content (AvgIpc) is 2.60. The largest absolute Gasteiger partial charge is 0.333 e. The van der Waals surface area contributed by atoms with E-state index in [2.05, 4.69) is 4.72 Å². The van der Waals surface area contributed by atoms with Gasteiger partial charge < -0.3 is 9.80 Å². The van der Waals surface area contributed by atoms with Crippen molar-refractivity contribution in [3.8, 4) is 0 Å². The molecule has 0 bridgehead atoms. The third-order valence-corrected chi connectivity index (χ3v) is 4.85. The highest BCUT2D eigenvalue weighted by atomic mass is 32.2. The molecule has 0 aliphatic heterocycles. The van der Waals surface area contributed by atoms with Crippen LogP contribution in [0.3, 0.4) is 0 Å². The molecule has 0 unspecified atom stereocenters. The molecule has 9 heteroatoms. The van der Waals surface area contributed by atoms with Crippen molar-refractivity contribution in [2.24, 2.45) is 0 Å². The van der Waals surface area contributed by atoms with Crippen molar-refractivity contribution in [1.82, 2.24) is 9.80 Å². The number of hydrogen-bond donors (Lipinski definition) is 1. The molecule has 0 aromatic heterocycles. The molecule has 1 N–H and O–H groups in total. The number of rotatable bonds is 8. The number of sulfonamides is 1. The molecule has 0 radical (unpaired) electrons. The topological polar surface area (TPSA) is 69.7 Å². The van der Waals surface area contributed by atoms with E-state index >= 15 is 0 Å². The molecule has 2 rings (SSSR count). The summed E-state index contributed by atoms with van der Waals surface area (Å²) >= 11 is 0. The molecule has 0 saturated carbocycles. The van der Waals surface area contributed by atoms with Crippen LogP contribution in [0.5, 0.6) is 0 Å². The lowest BCUT2D eigenvalue weighted by Crippen LogP contribution is -2.36. The molecule has 0 fully saturated rings. The van der Waals surface area contributed by atoms with Crippen LogP contribution in [0.2, 0.25) is 0 Å². The third kappa shape index (κ3) is 6.79. The first-order valence-electron chi connectivity index (χ1n) is 8.92. The minimum atomic E-state index is -3.51. The molecular formula is C20H25F2N3O3S. The zero-order valence-corrected chi connectivity index (χ0v) is 17.7. The fraction of sp³-hybridized carbons (Fsp3) is 0.350. The summed E-state index contributed by atoms with van der Waals surface area (Å²) in [6, 6.07) is 7.93. The Morgan fingerprint density at radius 1 is 1.07 bits per heavy atom. The summed E-state index contributed by atoms with van der Waals surface area (Å²) in [4.78, 5) is 16.4. The molecule has 6 nitrogen and oxygen atoms in total. The van der Waals surface area contributed by atoms with Crippen molar-refractivity contribution in [2.75, 3.05) is 38.2 Å². The Morgan fingerprint density at radius 2 is 1.76 bits per heavy atom. The van der Waals surface area contributed by atoms with Gasteiger partial charge >= 0.3 is 0 Å². The van der Waals surface area contributed by atoms with Gasteiger partial charge in [-0.05, 0) is 44.8 Å². The van der Waals surface area contributed by atoms with Gasteiger partial charge in [0.05, 0.1) is 11.9 Å². The number of likely N-dealkylation sites (N-methyl/N-ethyl adjacent to an activating group) is 1. The highest BCUT2D eigenvalue weighted by molar-refractivity contribution is 7.92. The van der Waals surface area contributed by atoms with E-state index in [0.29, 0.717) is 24.3 Å². The SMILES string of the molecule is Cc1ccc(C(=O)N(CCN(C)C)Cc2ccc(F)cc2F)cc1NS(C)(=O)=O. The molecule has 2 aromatic carbocycles. The number of aryl methyl sites for hydroxylation is 1. The van der Waals surface area contributed by atoms with Crippen molar-refractivity contribution in [1.29, 1.82) is 0 Å². The lowest BCUT2D eigenvalue weighted by atomic mass is 10.1. The van der Waals surface area contributed by atoms with Gasteiger partial charge in [-0.25, -0.2) is 17.2 Å². The van der Waals surface area contributed by atoms with E-state index in [0.717, 1.165) is 18.4 Å². The maximum Gasteiger partial charge on any atom is 0.254 e. The maximum absolute atomic E-state index is 14.1. The third-order valence-electron chi connectivity index (χ3n) is 4.26. The van der Waals surface area contributed by atoms with E-state index in [1.807, 2.05) is 19.0 Å². The van der Waals surface area contributed by atoms with Gasteiger partial charge in [-0.15, -0.1) is 0 Å². The second-order valence-electron chi connectivity index (χ2n) is 7.17. The van der Waals surface area contributed by atoms with Crippen molar-refractivity contribution in [2.45, 2.75) is 13.5 Å². The van der Waals surface area contributed by atoms with E-state index in [1.54, 1.807) is 19.1 Å². The summed E-state index contributed by atoms with van der Waals surface area (Å²) in [5.74, 6) is -1.80. The van der Waals surface area contributed by atoms with Crippen LogP contribution >= 0.6 is 0 Å². The Bertz CT molecular complexity index is 994. The fourth-order valence-corrected chi connectivity index (χ4v) is 3.30. The van der Waals surface area contributed by atoms with Crippen molar-refractivity contribution >= 4 is 21.6 Å². The zero-order valence-electron chi connectivity index (χ0n) is 16.9. The van der Waals surface area contributed by atoms with Crippen LogP contribution in [0.4, 0.5) is 14.5 Å². The minimum Gasteiger partial charge on any atom is -0.333 e. The van der Waals surface area contributed by atoms with Crippen molar-refractivity contribution in [3.63, 3.8) is 0 Å². The first kappa shape index (κ1) is 22.8. The predicted molar refractivity (Wildman–Crippen MR) is 109 cm³/mol. The van der Waals surface area contributed by atoms with Crippen LogP contribution in [0.25, 0.3) is 0 Å². The van der Waals surface area contributed by atoms with Gasteiger partial charge in [0.1, 0.15) is 11.6 Å². The molecule has 0 aliphatic rings. The Balaban J connectivity index is 2.34. The second kappa shape index (κ2) is 9.32. The van der Waals surface area contributed by atoms with Gasteiger partial charge in [0.2, 0.25) is 10.0 Å².